The van der Waals surface area contributed by atoms with Crippen LogP contribution in [0.4, 0.5) is 22.7 Å². The maximum atomic E-state index is 11.1. The number of para-hydroxylation sites is 1. The molecule has 0 fully saturated rings. The second kappa shape index (κ2) is 5.48. The zero-order valence-electron chi connectivity index (χ0n) is 11.2. The van der Waals surface area contributed by atoms with Crippen LogP contribution in [0, 0.1) is 17.0 Å². The molecule has 6 heteroatoms. The second-order valence-electron chi connectivity index (χ2n) is 4.33. The van der Waals surface area contributed by atoms with Crippen molar-refractivity contribution in [1.82, 2.24) is 0 Å². The SMILES string of the molecule is COc1ccc(C)cc1Nc1cccc(N)c1[N+](=O)[O-]. The van der Waals surface area contributed by atoms with Crippen molar-refractivity contribution < 1.29 is 9.66 Å². The van der Waals surface area contributed by atoms with Crippen LogP contribution in [-0.4, -0.2) is 12.0 Å². The van der Waals surface area contributed by atoms with E-state index in [1.807, 2.05) is 19.1 Å². The number of anilines is 3. The van der Waals surface area contributed by atoms with Gasteiger partial charge in [-0.05, 0) is 36.8 Å². The highest BCUT2D eigenvalue weighted by Gasteiger charge is 2.18. The van der Waals surface area contributed by atoms with Gasteiger partial charge in [0.25, 0.3) is 0 Å². The van der Waals surface area contributed by atoms with Gasteiger partial charge >= 0.3 is 5.69 Å². The summed E-state index contributed by atoms with van der Waals surface area (Å²) in [4.78, 5) is 10.6. The van der Waals surface area contributed by atoms with Gasteiger partial charge in [0.15, 0.2) is 0 Å². The molecule has 0 unspecified atom stereocenters. The molecule has 0 saturated carbocycles. The summed E-state index contributed by atoms with van der Waals surface area (Å²) in [6.45, 7) is 1.93. The van der Waals surface area contributed by atoms with Crippen LogP contribution in [0.3, 0.4) is 0 Å². The maximum absolute atomic E-state index is 11.1. The topological polar surface area (TPSA) is 90.4 Å². The minimum Gasteiger partial charge on any atom is -0.495 e. The van der Waals surface area contributed by atoms with Gasteiger partial charge in [-0.2, -0.15) is 0 Å². The predicted molar refractivity (Wildman–Crippen MR) is 78.5 cm³/mol. The van der Waals surface area contributed by atoms with Crippen molar-refractivity contribution in [3.05, 3.63) is 52.1 Å². The largest absolute Gasteiger partial charge is 0.495 e. The first-order valence-corrected chi connectivity index (χ1v) is 5.97. The van der Waals surface area contributed by atoms with Gasteiger partial charge in [-0.25, -0.2) is 0 Å². The molecule has 2 aromatic carbocycles. The lowest BCUT2D eigenvalue weighted by Crippen LogP contribution is -2.02. The monoisotopic (exact) mass is 273 g/mol. The fourth-order valence-corrected chi connectivity index (χ4v) is 1.93. The molecule has 2 rings (SSSR count). The number of nitrogen functional groups attached to an aromatic ring is 1. The number of nitrogens with two attached hydrogens (primary N) is 1. The van der Waals surface area contributed by atoms with E-state index in [1.165, 1.54) is 6.07 Å². The molecule has 0 aliphatic carbocycles. The van der Waals surface area contributed by atoms with E-state index in [0.717, 1.165) is 5.56 Å². The van der Waals surface area contributed by atoms with E-state index < -0.39 is 4.92 Å². The summed E-state index contributed by atoms with van der Waals surface area (Å²) in [5.41, 5.74) is 7.64. The van der Waals surface area contributed by atoms with Crippen molar-refractivity contribution in [3.63, 3.8) is 0 Å². The molecule has 0 aliphatic rings. The van der Waals surface area contributed by atoms with E-state index in [4.69, 9.17) is 10.5 Å². The standard InChI is InChI=1S/C14H15N3O3/c1-9-6-7-13(20-2)12(8-9)16-11-5-3-4-10(15)14(11)17(18)19/h3-8,16H,15H2,1-2H3. The fourth-order valence-electron chi connectivity index (χ4n) is 1.93. The first-order chi connectivity index (χ1) is 9.52. The van der Waals surface area contributed by atoms with Crippen LogP contribution in [0.2, 0.25) is 0 Å². The molecule has 0 bridgehead atoms. The Kier molecular flexibility index (Phi) is 3.74. The van der Waals surface area contributed by atoms with Crippen LogP contribution < -0.4 is 15.8 Å². The zero-order chi connectivity index (χ0) is 14.7. The van der Waals surface area contributed by atoms with Crippen molar-refractivity contribution in [3.8, 4) is 5.75 Å². The van der Waals surface area contributed by atoms with Gasteiger partial charge in [-0.1, -0.05) is 12.1 Å². The maximum Gasteiger partial charge on any atom is 0.315 e. The van der Waals surface area contributed by atoms with Crippen LogP contribution in [0.1, 0.15) is 5.56 Å². The van der Waals surface area contributed by atoms with Gasteiger partial charge in [-0.15, -0.1) is 0 Å². The van der Waals surface area contributed by atoms with Gasteiger partial charge in [0, 0.05) is 0 Å². The van der Waals surface area contributed by atoms with Crippen molar-refractivity contribution >= 4 is 22.7 Å². The zero-order valence-corrected chi connectivity index (χ0v) is 11.2. The minimum atomic E-state index is -0.500. The third-order valence-corrected chi connectivity index (χ3v) is 2.87. The molecular weight excluding hydrogens is 258 g/mol. The Morgan fingerprint density at radius 2 is 2.00 bits per heavy atom. The van der Waals surface area contributed by atoms with E-state index >= 15 is 0 Å². The Morgan fingerprint density at radius 3 is 2.65 bits per heavy atom. The third-order valence-electron chi connectivity index (χ3n) is 2.87. The number of hydrogen-bond acceptors (Lipinski definition) is 5. The molecule has 0 spiro atoms. The summed E-state index contributed by atoms with van der Waals surface area (Å²) >= 11 is 0. The van der Waals surface area contributed by atoms with Crippen LogP contribution in [-0.2, 0) is 0 Å². The predicted octanol–water partition coefficient (Wildman–Crippen LogP) is 3.24. The molecule has 6 nitrogen and oxygen atoms in total. The van der Waals surface area contributed by atoms with E-state index in [2.05, 4.69) is 5.32 Å². The first kappa shape index (κ1) is 13.7. The van der Waals surface area contributed by atoms with Gasteiger partial charge in [0.1, 0.15) is 17.1 Å². The van der Waals surface area contributed by atoms with Crippen LogP contribution in [0.15, 0.2) is 36.4 Å². The number of rotatable bonds is 4. The van der Waals surface area contributed by atoms with Crippen molar-refractivity contribution in [2.45, 2.75) is 6.92 Å². The lowest BCUT2D eigenvalue weighted by atomic mass is 10.2. The molecule has 20 heavy (non-hydrogen) atoms. The van der Waals surface area contributed by atoms with E-state index in [1.54, 1.807) is 25.3 Å². The van der Waals surface area contributed by atoms with Gasteiger partial charge in [0.05, 0.1) is 17.7 Å². The highest BCUT2D eigenvalue weighted by molar-refractivity contribution is 5.80. The molecule has 3 N–H and O–H groups in total. The van der Waals surface area contributed by atoms with E-state index in [0.29, 0.717) is 17.1 Å². The lowest BCUT2D eigenvalue weighted by Gasteiger charge is -2.12. The number of nitrogens with zero attached hydrogens (tertiary/aromatic N) is 1. The Bertz CT molecular complexity index is 656. The number of nitro groups is 1. The number of ether oxygens (including phenoxy) is 1. The Hall–Kier alpha value is -2.76. The molecule has 104 valence electrons. The third kappa shape index (κ3) is 2.64. The molecule has 0 radical (unpaired) electrons. The van der Waals surface area contributed by atoms with Crippen molar-refractivity contribution in [2.24, 2.45) is 0 Å². The van der Waals surface area contributed by atoms with Crippen LogP contribution in [0.25, 0.3) is 0 Å². The van der Waals surface area contributed by atoms with Crippen LogP contribution in [0.5, 0.6) is 5.75 Å². The van der Waals surface area contributed by atoms with Crippen molar-refractivity contribution in [2.75, 3.05) is 18.2 Å². The number of hydrogen-bond donors (Lipinski definition) is 2. The number of nitrogens with one attached hydrogen (secondary N) is 1. The number of nitro benzene ring substituents is 1. The van der Waals surface area contributed by atoms with Crippen molar-refractivity contribution in [1.29, 1.82) is 0 Å². The summed E-state index contributed by atoms with van der Waals surface area (Å²) in [6.07, 6.45) is 0. The summed E-state index contributed by atoms with van der Waals surface area (Å²) in [5.74, 6) is 0.604. The van der Waals surface area contributed by atoms with Gasteiger partial charge in [-0.3, -0.25) is 10.1 Å². The quantitative estimate of drug-likeness (QED) is 0.507. The smallest absolute Gasteiger partial charge is 0.315 e. The minimum absolute atomic E-state index is 0.117. The Morgan fingerprint density at radius 1 is 1.25 bits per heavy atom. The summed E-state index contributed by atoms with van der Waals surface area (Å²) in [6, 6.07) is 10.3. The average Bonchev–Trinajstić information content (AvgIpc) is 2.38. The van der Waals surface area contributed by atoms with E-state index in [-0.39, 0.29) is 11.4 Å². The highest BCUT2D eigenvalue weighted by atomic mass is 16.6. The summed E-state index contributed by atoms with van der Waals surface area (Å²) in [5, 5.41) is 14.1. The van der Waals surface area contributed by atoms with Gasteiger partial charge < -0.3 is 15.8 Å². The number of aryl methyl sites for hydroxylation is 1. The lowest BCUT2D eigenvalue weighted by molar-refractivity contribution is -0.383. The summed E-state index contributed by atoms with van der Waals surface area (Å²) in [7, 11) is 1.55. The molecule has 0 aromatic heterocycles. The Labute approximate surface area is 116 Å². The first-order valence-electron chi connectivity index (χ1n) is 5.97. The molecule has 0 aliphatic heterocycles. The number of methoxy groups -OCH3 is 1. The second-order valence-corrected chi connectivity index (χ2v) is 4.33. The molecule has 0 saturated heterocycles. The number of benzene rings is 2. The fraction of sp³-hybridized carbons (Fsp3) is 0.143. The highest BCUT2D eigenvalue weighted by Crippen LogP contribution is 2.35. The Balaban J connectivity index is 2.48. The molecular formula is C14H15N3O3. The average molecular weight is 273 g/mol. The van der Waals surface area contributed by atoms with Gasteiger partial charge in [0.2, 0.25) is 0 Å². The normalized spacial score (nSPS) is 10.1. The molecule has 0 heterocycles. The van der Waals surface area contributed by atoms with E-state index in [9.17, 15) is 10.1 Å². The van der Waals surface area contributed by atoms with Crippen LogP contribution >= 0.6 is 0 Å². The molecule has 2 aromatic rings. The molecule has 0 atom stereocenters. The summed E-state index contributed by atoms with van der Waals surface area (Å²) < 4.78 is 5.24. The molecule has 0 amide bonds.